The van der Waals surface area contributed by atoms with E-state index in [9.17, 15) is 9.59 Å². The molecule has 2 amide bonds. The second kappa shape index (κ2) is 5.81. The van der Waals surface area contributed by atoms with E-state index in [0.29, 0.717) is 17.4 Å². The van der Waals surface area contributed by atoms with Crippen LogP contribution in [0.15, 0.2) is 36.5 Å². The molecule has 1 aromatic carbocycles. The van der Waals surface area contributed by atoms with Crippen LogP contribution in [-0.4, -0.2) is 40.1 Å². The number of halogens is 1. The van der Waals surface area contributed by atoms with Crippen LogP contribution in [0, 0.1) is 5.92 Å². The molecule has 2 heterocycles. The maximum Gasteiger partial charge on any atom is 0.230 e. The van der Waals surface area contributed by atoms with E-state index in [1.54, 1.807) is 41.0 Å². The Balaban J connectivity index is 1.78. The molecule has 7 heteroatoms. The first-order valence-electron chi connectivity index (χ1n) is 6.89. The normalized spacial score (nSPS) is 17.8. The molecular weight excluding hydrogens is 304 g/mol. The lowest BCUT2D eigenvalue weighted by Gasteiger charge is -2.12. The quantitative estimate of drug-likeness (QED) is 0.940. The molecule has 2 aromatic rings. The van der Waals surface area contributed by atoms with Crippen LogP contribution >= 0.6 is 11.6 Å². The van der Waals surface area contributed by atoms with Gasteiger partial charge in [0.25, 0.3) is 0 Å². The molecule has 0 saturated carbocycles. The minimum atomic E-state index is -0.333. The minimum absolute atomic E-state index is 0.0106. The fraction of sp³-hybridized carbons (Fsp3) is 0.267. The summed E-state index contributed by atoms with van der Waals surface area (Å²) >= 11 is 5.98. The lowest BCUT2D eigenvalue weighted by Crippen LogP contribution is -2.26. The van der Waals surface area contributed by atoms with Crippen molar-refractivity contribution in [1.29, 1.82) is 0 Å². The fourth-order valence-electron chi connectivity index (χ4n) is 2.48. The first-order chi connectivity index (χ1) is 10.5. The number of nitrogens with zero attached hydrogens (tertiary/aromatic N) is 3. The molecule has 1 N–H and O–H groups in total. The molecule has 0 bridgehead atoms. The van der Waals surface area contributed by atoms with Gasteiger partial charge in [-0.3, -0.25) is 9.59 Å². The number of carbonyl (C=O) groups excluding carboxylic acids is 2. The van der Waals surface area contributed by atoms with E-state index in [2.05, 4.69) is 10.4 Å². The standard InChI is InChI=1S/C15H15ClN4O2/c1-19-9-10(7-14(19)21)15(22)18-13-5-6-17-20(13)12-4-2-3-11(16)8-12/h2-6,8,10H,7,9H2,1H3,(H,18,22)/t10-/m0/s1. The topological polar surface area (TPSA) is 67.2 Å². The van der Waals surface area contributed by atoms with Gasteiger partial charge >= 0.3 is 0 Å². The molecule has 1 saturated heterocycles. The third-order valence-electron chi connectivity index (χ3n) is 3.66. The van der Waals surface area contributed by atoms with Crippen molar-refractivity contribution in [2.24, 2.45) is 5.92 Å². The molecule has 0 radical (unpaired) electrons. The van der Waals surface area contributed by atoms with Crippen LogP contribution in [0.25, 0.3) is 5.69 Å². The number of hydrogen-bond acceptors (Lipinski definition) is 3. The summed E-state index contributed by atoms with van der Waals surface area (Å²) in [6.45, 7) is 0.440. The Morgan fingerprint density at radius 2 is 2.23 bits per heavy atom. The Morgan fingerprint density at radius 3 is 2.91 bits per heavy atom. The van der Waals surface area contributed by atoms with Crippen LogP contribution in [0.3, 0.4) is 0 Å². The lowest BCUT2D eigenvalue weighted by molar-refractivity contribution is -0.127. The number of nitrogens with one attached hydrogen (secondary N) is 1. The molecule has 0 aliphatic carbocycles. The molecule has 114 valence electrons. The third kappa shape index (κ3) is 2.82. The summed E-state index contributed by atoms with van der Waals surface area (Å²) in [4.78, 5) is 25.4. The predicted octanol–water partition coefficient (Wildman–Crippen LogP) is 1.94. The highest BCUT2D eigenvalue weighted by molar-refractivity contribution is 6.30. The van der Waals surface area contributed by atoms with Crippen molar-refractivity contribution >= 4 is 29.2 Å². The Morgan fingerprint density at radius 1 is 1.41 bits per heavy atom. The van der Waals surface area contributed by atoms with E-state index in [4.69, 9.17) is 11.6 Å². The van der Waals surface area contributed by atoms with E-state index in [1.165, 1.54) is 0 Å². The molecule has 6 nitrogen and oxygen atoms in total. The van der Waals surface area contributed by atoms with E-state index in [1.807, 2.05) is 12.1 Å². The maximum absolute atomic E-state index is 12.3. The molecule has 1 fully saturated rings. The van der Waals surface area contributed by atoms with Gasteiger partial charge in [-0.1, -0.05) is 17.7 Å². The van der Waals surface area contributed by atoms with Gasteiger partial charge in [0.05, 0.1) is 17.8 Å². The first kappa shape index (κ1) is 14.6. The summed E-state index contributed by atoms with van der Waals surface area (Å²) in [6, 6.07) is 8.90. The number of amides is 2. The number of benzene rings is 1. The van der Waals surface area contributed by atoms with E-state index in [0.717, 1.165) is 5.69 Å². The van der Waals surface area contributed by atoms with Crippen LogP contribution in [0.2, 0.25) is 5.02 Å². The fourth-order valence-corrected chi connectivity index (χ4v) is 2.66. The highest BCUT2D eigenvalue weighted by Gasteiger charge is 2.32. The Kier molecular flexibility index (Phi) is 3.85. The summed E-state index contributed by atoms with van der Waals surface area (Å²) in [6.07, 6.45) is 1.84. The summed E-state index contributed by atoms with van der Waals surface area (Å²) in [5.74, 6) is 0.0273. The molecule has 0 spiro atoms. The minimum Gasteiger partial charge on any atom is -0.345 e. The largest absolute Gasteiger partial charge is 0.345 e. The van der Waals surface area contributed by atoms with Gasteiger partial charge in [0.15, 0.2) is 0 Å². The average Bonchev–Trinajstić information content (AvgIpc) is 3.06. The van der Waals surface area contributed by atoms with Gasteiger partial charge in [-0.15, -0.1) is 0 Å². The van der Waals surface area contributed by atoms with Crippen LogP contribution in [-0.2, 0) is 9.59 Å². The van der Waals surface area contributed by atoms with E-state index in [-0.39, 0.29) is 24.2 Å². The summed E-state index contributed by atoms with van der Waals surface area (Å²) in [5.41, 5.74) is 0.757. The van der Waals surface area contributed by atoms with Crippen molar-refractivity contribution < 1.29 is 9.59 Å². The molecule has 1 atom stereocenters. The molecule has 0 unspecified atom stereocenters. The molecular formula is C15H15ClN4O2. The monoisotopic (exact) mass is 318 g/mol. The van der Waals surface area contributed by atoms with Gasteiger partial charge in [0.2, 0.25) is 11.8 Å². The van der Waals surface area contributed by atoms with E-state index < -0.39 is 0 Å². The van der Waals surface area contributed by atoms with E-state index >= 15 is 0 Å². The number of rotatable bonds is 3. The summed E-state index contributed by atoms with van der Waals surface area (Å²) in [5, 5.41) is 7.63. The van der Waals surface area contributed by atoms with Gasteiger partial charge in [0.1, 0.15) is 5.82 Å². The van der Waals surface area contributed by atoms with Crippen LogP contribution in [0.1, 0.15) is 6.42 Å². The Labute approximate surface area is 132 Å². The first-order valence-corrected chi connectivity index (χ1v) is 7.27. The molecule has 3 rings (SSSR count). The lowest BCUT2D eigenvalue weighted by atomic mass is 10.1. The van der Waals surface area contributed by atoms with Crippen molar-refractivity contribution in [3.63, 3.8) is 0 Å². The van der Waals surface area contributed by atoms with Crippen molar-refractivity contribution in [2.75, 3.05) is 18.9 Å². The third-order valence-corrected chi connectivity index (χ3v) is 3.89. The summed E-state index contributed by atoms with van der Waals surface area (Å²) < 4.78 is 1.60. The average molecular weight is 319 g/mol. The zero-order chi connectivity index (χ0) is 15.7. The van der Waals surface area contributed by atoms with Crippen molar-refractivity contribution in [2.45, 2.75) is 6.42 Å². The number of hydrogen-bond donors (Lipinski definition) is 1. The second-order valence-corrected chi connectivity index (χ2v) is 5.71. The smallest absolute Gasteiger partial charge is 0.230 e. The molecule has 1 aromatic heterocycles. The number of anilines is 1. The van der Waals surface area contributed by atoms with Crippen LogP contribution in [0.4, 0.5) is 5.82 Å². The zero-order valence-corrected chi connectivity index (χ0v) is 12.7. The predicted molar refractivity (Wildman–Crippen MR) is 82.9 cm³/mol. The number of carbonyl (C=O) groups is 2. The molecule has 22 heavy (non-hydrogen) atoms. The SMILES string of the molecule is CN1C[C@@H](C(=O)Nc2ccnn2-c2cccc(Cl)c2)CC1=O. The molecule has 1 aliphatic rings. The Hall–Kier alpha value is -2.34. The van der Waals surface area contributed by atoms with Crippen molar-refractivity contribution in [3.8, 4) is 5.69 Å². The van der Waals surface area contributed by atoms with Gasteiger partial charge in [0, 0.05) is 31.1 Å². The highest BCUT2D eigenvalue weighted by atomic mass is 35.5. The van der Waals surface area contributed by atoms with Crippen LogP contribution < -0.4 is 5.32 Å². The number of aromatic nitrogens is 2. The van der Waals surface area contributed by atoms with Crippen LogP contribution in [0.5, 0.6) is 0 Å². The van der Waals surface area contributed by atoms with Gasteiger partial charge in [-0.05, 0) is 18.2 Å². The van der Waals surface area contributed by atoms with Gasteiger partial charge in [-0.25, -0.2) is 4.68 Å². The molecule has 1 aliphatic heterocycles. The second-order valence-electron chi connectivity index (χ2n) is 5.27. The zero-order valence-electron chi connectivity index (χ0n) is 12.0. The van der Waals surface area contributed by atoms with Gasteiger partial charge in [-0.2, -0.15) is 5.10 Å². The number of likely N-dealkylation sites (tertiary alicyclic amines) is 1. The summed E-state index contributed by atoms with van der Waals surface area (Å²) in [7, 11) is 1.70. The maximum atomic E-state index is 12.3. The Bertz CT molecular complexity index is 728. The van der Waals surface area contributed by atoms with Crippen molar-refractivity contribution in [1.82, 2.24) is 14.7 Å². The van der Waals surface area contributed by atoms with Crippen molar-refractivity contribution in [3.05, 3.63) is 41.6 Å². The van der Waals surface area contributed by atoms with Gasteiger partial charge < -0.3 is 10.2 Å². The highest BCUT2D eigenvalue weighted by Crippen LogP contribution is 2.21.